The summed E-state index contributed by atoms with van der Waals surface area (Å²) in [5, 5.41) is 2.98. The number of rotatable bonds is 21. The minimum absolute atomic E-state index is 0.000483. The molecule has 0 bridgehead atoms. The van der Waals surface area contributed by atoms with Crippen LogP contribution in [0.15, 0.2) is 0 Å². The summed E-state index contributed by atoms with van der Waals surface area (Å²) in [6, 6.07) is 0. The van der Waals surface area contributed by atoms with Crippen LogP contribution in [0.5, 0.6) is 0 Å². The van der Waals surface area contributed by atoms with Crippen molar-refractivity contribution in [1.82, 2.24) is 10.2 Å². The predicted octanol–water partition coefficient (Wildman–Crippen LogP) is 6.87. The van der Waals surface area contributed by atoms with Crippen molar-refractivity contribution in [3.63, 3.8) is 0 Å². The smallest absolute Gasteiger partial charge is 0.234 e. The maximum Gasteiger partial charge on any atom is 0.234 e. The Bertz CT molecular complexity index is 412. The summed E-state index contributed by atoms with van der Waals surface area (Å²) in [6.07, 6.45) is 20.3. The molecule has 30 heavy (non-hydrogen) atoms. The molecule has 0 aliphatic carbocycles. The van der Waals surface area contributed by atoms with Crippen molar-refractivity contribution in [3.05, 3.63) is 0 Å². The van der Waals surface area contributed by atoms with E-state index in [1.807, 2.05) is 7.05 Å². The zero-order chi connectivity index (χ0) is 22.5. The second kappa shape index (κ2) is 21.2. The molecule has 2 amide bonds. The molecule has 4 heteroatoms. The van der Waals surface area contributed by atoms with Crippen molar-refractivity contribution < 1.29 is 9.59 Å². The van der Waals surface area contributed by atoms with Gasteiger partial charge < -0.3 is 10.2 Å². The lowest BCUT2D eigenvalue weighted by molar-refractivity contribution is -0.141. The topological polar surface area (TPSA) is 49.4 Å². The Morgan fingerprint density at radius 1 is 0.667 bits per heavy atom. The molecule has 0 radical (unpaired) electrons. The first-order valence-corrected chi connectivity index (χ1v) is 13.1. The molecule has 0 aromatic carbocycles. The van der Waals surface area contributed by atoms with E-state index >= 15 is 0 Å². The van der Waals surface area contributed by atoms with Gasteiger partial charge in [0.25, 0.3) is 0 Å². The summed E-state index contributed by atoms with van der Waals surface area (Å²) >= 11 is 0. The summed E-state index contributed by atoms with van der Waals surface area (Å²) in [6.45, 7) is 7.92. The van der Waals surface area contributed by atoms with Crippen LogP contribution in [-0.2, 0) is 9.59 Å². The van der Waals surface area contributed by atoms with Crippen LogP contribution >= 0.6 is 0 Å². The molecule has 0 fully saturated rings. The van der Waals surface area contributed by atoms with E-state index in [2.05, 4.69) is 26.1 Å². The minimum atomic E-state index is -0.508. The van der Waals surface area contributed by atoms with Crippen LogP contribution in [0.25, 0.3) is 0 Å². The first kappa shape index (κ1) is 28.9. The molecule has 1 N–H and O–H groups in total. The average molecular weight is 425 g/mol. The van der Waals surface area contributed by atoms with E-state index in [-0.39, 0.29) is 11.8 Å². The number of carbonyl (C=O) groups excluding carboxylic acids is 2. The molecule has 0 saturated heterocycles. The van der Waals surface area contributed by atoms with Gasteiger partial charge >= 0.3 is 0 Å². The quantitative estimate of drug-likeness (QED) is 0.161. The molecular weight excluding hydrogens is 372 g/mol. The minimum Gasteiger partial charge on any atom is -0.355 e. The highest BCUT2D eigenvalue weighted by Gasteiger charge is 2.28. The molecular formula is C26H52N2O2. The van der Waals surface area contributed by atoms with Gasteiger partial charge in [-0.3, -0.25) is 9.59 Å². The Morgan fingerprint density at radius 2 is 1.13 bits per heavy atom. The molecule has 0 spiro atoms. The van der Waals surface area contributed by atoms with E-state index in [4.69, 9.17) is 0 Å². The number of nitrogens with zero attached hydrogens (tertiary/aromatic N) is 1. The number of hydrogen-bond acceptors (Lipinski definition) is 2. The highest BCUT2D eigenvalue weighted by molar-refractivity contribution is 6.00. The fraction of sp³-hybridized carbons (Fsp3) is 0.923. The number of amides is 2. The van der Waals surface area contributed by atoms with Crippen LogP contribution in [0.3, 0.4) is 0 Å². The van der Waals surface area contributed by atoms with Crippen LogP contribution in [-0.4, -0.2) is 36.9 Å². The van der Waals surface area contributed by atoms with Crippen LogP contribution in [0.1, 0.15) is 130 Å². The van der Waals surface area contributed by atoms with Crippen LogP contribution < -0.4 is 5.32 Å². The largest absolute Gasteiger partial charge is 0.355 e. The summed E-state index contributed by atoms with van der Waals surface area (Å²) in [5.74, 6) is -0.577. The van der Waals surface area contributed by atoms with E-state index in [0.717, 1.165) is 45.1 Å². The monoisotopic (exact) mass is 424 g/mol. The molecule has 0 aliphatic rings. The Kier molecular flexibility index (Phi) is 20.4. The van der Waals surface area contributed by atoms with Crippen LogP contribution in [0.4, 0.5) is 0 Å². The van der Waals surface area contributed by atoms with Crippen molar-refractivity contribution >= 4 is 11.8 Å². The Hall–Kier alpha value is -1.06. The van der Waals surface area contributed by atoms with Gasteiger partial charge in [-0.05, 0) is 19.3 Å². The Balaban J connectivity index is 4.11. The second-order valence-electron chi connectivity index (χ2n) is 8.99. The van der Waals surface area contributed by atoms with Crippen molar-refractivity contribution in [3.8, 4) is 0 Å². The normalized spacial score (nSPS) is 12.0. The average Bonchev–Trinajstić information content (AvgIpc) is 2.75. The van der Waals surface area contributed by atoms with E-state index < -0.39 is 5.92 Å². The zero-order valence-electron chi connectivity index (χ0n) is 20.8. The lowest BCUT2D eigenvalue weighted by Crippen LogP contribution is -2.42. The van der Waals surface area contributed by atoms with Gasteiger partial charge in [0.2, 0.25) is 11.8 Å². The fourth-order valence-corrected chi connectivity index (χ4v) is 3.84. The summed E-state index contributed by atoms with van der Waals surface area (Å²) in [5.41, 5.74) is 0. The molecule has 0 aromatic heterocycles. The molecule has 0 aliphatic heterocycles. The van der Waals surface area contributed by atoms with Crippen LogP contribution in [0.2, 0.25) is 0 Å². The van der Waals surface area contributed by atoms with Crippen LogP contribution in [0, 0.1) is 5.92 Å². The van der Waals surface area contributed by atoms with E-state index in [1.54, 1.807) is 4.90 Å². The summed E-state index contributed by atoms with van der Waals surface area (Å²) in [4.78, 5) is 27.2. The fourth-order valence-electron chi connectivity index (χ4n) is 3.84. The third kappa shape index (κ3) is 15.7. The molecule has 0 saturated carbocycles. The summed E-state index contributed by atoms with van der Waals surface area (Å²) in [7, 11) is 1.84. The maximum absolute atomic E-state index is 12.8. The lowest BCUT2D eigenvalue weighted by atomic mass is 9.97. The number of hydrogen-bond donors (Lipinski definition) is 1. The number of nitrogens with one attached hydrogen (secondary N) is 1. The highest BCUT2D eigenvalue weighted by atomic mass is 16.2. The molecule has 178 valence electrons. The number of unbranched alkanes of at least 4 members (excludes halogenated alkanes) is 13. The van der Waals surface area contributed by atoms with Crippen molar-refractivity contribution in [2.24, 2.45) is 5.92 Å². The molecule has 0 heterocycles. The first-order valence-electron chi connectivity index (χ1n) is 13.1. The third-order valence-electron chi connectivity index (χ3n) is 6.01. The Morgan fingerprint density at radius 3 is 1.63 bits per heavy atom. The van der Waals surface area contributed by atoms with Gasteiger partial charge in [-0.1, -0.05) is 111 Å². The Labute approximate surface area is 187 Å². The van der Waals surface area contributed by atoms with Crippen molar-refractivity contribution in [1.29, 1.82) is 0 Å². The van der Waals surface area contributed by atoms with Crippen molar-refractivity contribution in [2.45, 2.75) is 130 Å². The molecule has 1 atom stereocenters. The molecule has 0 rings (SSSR count). The molecule has 4 nitrogen and oxygen atoms in total. The van der Waals surface area contributed by atoms with Crippen molar-refractivity contribution in [2.75, 3.05) is 20.1 Å². The SMILES string of the molecule is CCCCCCCCCCCCCCC(C(=O)NCCCC)C(=O)N(C)CCCC. The zero-order valence-corrected chi connectivity index (χ0v) is 20.8. The number of carbonyl (C=O) groups is 2. The van der Waals surface area contributed by atoms with E-state index in [0.29, 0.717) is 13.0 Å². The van der Waals surface area contributed by atoms with E-state index in [1.165, 1.54) is 64.2 Å². The standard InChI is InChI=1S/C26H52N2O2/c1-5-8-11-12-13-14-15-16-17-18-19-20-21-24(25(29)27-22-9-6-2)26(30)28(4)23-10-7-3/h24H,5-23H2,1-4H3,(H,27,29). The third-order valence-corrected chi connectivity index (χ3v) is 6.01. The molecule has 1 unspecified atom stereocenters. The second-order valence-corrected chi connectivity index (χ2v) is 8.99. The van der Waals surface area contributed by atoms with Gasteiger partial charge in [-0.2, -0.15) is 0 Å². The van der Waals surface area contributed by atoms with Gasteiger partial charge in [-0.15, -0.1) is 0 Å². The van der Waals surface area contributed by atoms with Gasteiger partial charge in [0.1, 0.15) is 5.92 Å². The predicted molar refractivity (Wildman–Crippen MR) is 130 cm³/mol. The van der Waals surface area contributed by atoms with Gasteiger partial charge in [0.05, 0.1) is 0 Å². The molecule has 0 aromatic rings. The summed E-state index contributed by atoms with van der Waals surface area (Å²) < 4.78 is 0. The van der Waals surface area contributed by atoms with Gasteiger partial charge in [0, 0.05) is 20.1 Å². The van der Waals surface area contributed by atoms with Gasteiger partial charge in [-0.25, -0.2) is 0 Å². The highest BCUT2D eigenvalue weighted by Crippen LogP contribution is 2.17. The first-order chi connectivity index (χ1) is 14.6. The lowest BCUT2D eigenvalue weighted by Gasteiger charge is -2.23. The van der Waals surface area contributed by atoms with Gasteiger partial charge in [0.15, 0.2) is 0 Å². The maximum atomic E-state index is 12.8. The van der Waals surface area contributed by atoms with E-state index in [9.17, 15) is 9.59 Å².